The molecule has 0 bridgehead atoms. The Morgan fingerprint density at radius 1 is 0.963 bits per heavy atom. The van der Waals surface area contributed by atoms with Crippen molar-refractivity contribution in [3.05, 3.63) is 29.8 Å². The summed E-state index contributed by atoms with van der Waals surface area (Å²) in [6, 6.07) is 7.18. The fourth-order valence-corrected chi connectivity index (χ4v) is 2.15. The summed E-state index contributed by atoms with van der Waals surface area (Å²) in [5.74, 6) is 1.54. The quantitative estimate of drug-likeness (QED) is 0.325. The molecule has 144 valence electrons. The SMILES string of the molecule is C#Cc1ccc(OCCOCCOCCC(=O)ON2C(=O)CCC2=O)cc1. The number of hydrogen-bond acceptors (Lipinski definition) is 7. The van der Waals surface area contributed by atoms with E-state index in [1.54, 1.807) is 24.3 Å². The molecule has 0 spiro atoms. The smallest absolute Gasteiger partial charge is 0.335 e. The molecule has 8 heteroatoms. The van der Waals surface area contributed by atoms with Crippen LogP contribution in [0.15, 0.2) is 24.3 Å². The normalized spacial score (nSPS) is 13.5. The minimum absolute atomic E-state index is 0.0617. The van der Waals surface area contributed by atoms with E-state index in [-0.39, 0.29) is 25.9 Å². The van der Waals surface area contributed by atoms with Gasteiger partial charge in [0.15, 0.2) is 0 Å². The Morgan fingerprint density at radius 2 is 1.56 bits per heavy atom. The van der Waals surface area contributed by atoms with Gasteiger partial charge in [-0.1, -0.05) is 5.92 Å². The highest BCUT2D eigenvalue weighted by atomic mass is 16.7. The third-order valence-electron chi connectivity index (χ3n) is 3.54. The molecule has 1 heterocycles. The first-order valence-corrected chi connectivity index (χ1v) is 8.51. The second-order valence-electron chi connectivity index (χ2n) is 5.54. The van der Waals surface area contributed by atoms with Crippen molar-refractivity contribution in [2.75, 3.05) is 33.0 Å². The van der Waals surface area contributed by atoms with Gasteiger partial charge in [-0.3, -0.25) is 9.59 Å². The second-order valence-corrected chi connectivity index (χ2v) is 5.54. The molecule has 0 saturated carbocycles. The number of hydrogen-bond donors (Lipinski definition) is 0. The average Bonchev–Trinajstić information content (AvgIpc) is 2.99. The Balaban J connectivity index is 1.44. The number of imide groups is 1. The second kappa shape index (κ2) is 11.0. The number of amides is 2. The van der Waals surface area contributed by atoms with Crippen molar-refractivity contribution >= 4 is 17.8 Å². The Labute approximate surface area is 157 Å². The molecule has 0 unspecified atom stereocenters. The third-order valence-corrected chi connectivity index (χ3v) is 3.54. The lowest BCUT2D eigenvalue weighted by atomic mass is 10.2. The van der Waals surface area contributed by atoms with Crippen molar-refractivity contribution in [3.63, 3.8) is 0 Å². The molecule has 0 N–H and O–H groups in total. The molecule has 1 aliphatic rings. The highest BCUT2D eigenvalue weighted by Gasteiger charge is 2.32. The maximum atomic E-state index is 11.5. The molecule has 1 aromatic carbocycles. The van der Waals surface area contributed by atoms with E-state index in [1.165, 1.54) is 0 Å². The number of hydroxylamine groups is 2. The minimum atomic E-state index is -0.691. The first kappa shape index (κ1) is 20.4. The Hall–Kier alpha value is -2.89. The molecule has 8 nitrogen and oxygen atoms in total. The first-order valence-electron chi connectivity index (χ1n) is 8.51. The van der Waals surface area contributed by atoms with Gasteiger partial charge in [-0.15, -0.1) is 11.5 Å². The first-order chi connectivity index (χ1) is 13.1. The molecule has 0 radical (unpaired) electrons. The highest BCUT2D eigenvalue weighted by molar-refractivity contribution is 6.01. The molecule has 0 aliphatic carbocycles. The van der Waals surface area contributed by atoms with Crippen molar-refractivity contribution < 1.29 is 33.4 Å². The van der Waals surface area contributed by atoms with Gasteiger partial charge >= 0.3 is 5.97 Å². The summed E-state index contributed by atoms with van der Waals surface area (Å²) in [6.07, 6.45) is 5.35. The van der Waals surface area contributed by atoms with E-state index in [4.69, 9.17) is 25.5 Å². The summed E-state index contributed by atoms with van der Waals surface area (Å²) in [5, 5.41) is 0.519. The van der Waals surface area contributed by atoms with Crippen LogP contribution in [0.2, 0.25) is 0 Å². The lowest BCUT2D eigenvalue weighted by Gasteiger charge is -2.12. The summed E-state index contributed by atoms with van der Waals surface area (Å²) in [7, 11) is 0. The number of terminal acetylenes is 1. The van der Waals surface area contributed by atoms with Gasteiger partial charge in [0.2, 0.25) is 0 Å². The lowest BCUT2D eigenvalue weighted by Crippen LogP contribution is -2.32. The van der Waals surface area contributed by atoms with E-state index < -0.39 is 17.8 Å². The zero-order chi connectivity index (χ0) is 19.5. The van der Waals surface area contributed by atoms with Crippen LogP contribution in [0.3, 0.4) is 0 Å². The topological polar surface area (TPSA) is 91.4 Å². The molecule has 2 rings (SSSR count). The van der Waals surface area contributed by atoms with Crippen molar-refractivity contribution in [1.29, 1.82) is 0 Å². The van der Waals surface area contributed by atoms with Crippen LogP contribution in [0.25, 0.3) is 0 Å². The van der Waals surface area contributed by atoms with Crippen LogP contribution >= 0.6 is 0 Å². The van der Waals surface area contributed by atoms with Gasteiger partial charge in [0.05, 0.1) is 32.8 Å². The van der Waals surface area contributed by atoms with E-state index in [1.807, 2.05) is 0 Å². The maximum absolute atomic E-state index is 11.5. The van der Waals surface area contributed by atoms with Crippen LogP contribution in [0.1, 0.15) is 24.8 Å². The fraction of sp³-hybridized carbons (Fsp3) is 0.421. The standard InChI is InChI=1S/C19H21NO7/c1-2-15-3-5-16(6-4-15)26-14-13-25-12-11-24-10-9-19(23)27-20-17(21)7-8-18(20)22/h1,3-6H,7-14H2. The van der Waals surface area contributed by atoms with Crippen LogP contribution < -0.4 is 4.74 Å². The van der Waals surface area contributed by atoms with Crippen molar-refractivity contribution in [1.82, 2.24) is 5.06 Å². The van der Waals surface area contributed by atoms with Crippen LogP contribution in [-0.4, -0.2) is 55.9 Å². The number of nitrogens with zero attached hydrogens (tertiary/aromatic N) is 1. The number of rotatable bonds is 11. The van der Waals surface area contributed by atoms with Crippen LogP contribution in [0.4, 0.5) is 0 Å². The molecule has 1 saturated heterocycles. The van der Waals surface area contributed by atoms with E-state index in [0.717, 1.165) is 5.56 Å². The molecule has 1 fully saturated rings. The summed E-state index contributed by atoms with van der Waals surface area (Å²) in [5.41, 5.74) is 0.790. The molecule has 27 heavy (non-hydrogen) atoms. The molecular formula is C19H21NO7. The van der Waals surface area contributed by atoms with Gasteiger partial charge in [-0.25, -0.2) is 4.79 Å². The van der Waals surface area contributed by atoms with E-state index in [2.05, 4.69) is 5.92 Å². The van der Waals surface area contributed by atoms with Gasteiger partial charge in [0, 0.05) is 18.4 Å². The van der Waals surface area contributed by atoms with E-state index in [0.29, 0.717) is 37.2 Å². The maximum Gasteiger partial charge on any atom is 0.335 e. The lowest BCUT2D eigenvalue weighted by molar-refractivity contribution is -0.198. The molecule has 1 aromatic rings. The highest BCUT2D eigenvalue weighted by Crippen LogP contribution is 2.12. The average molecular weight is 375 g/mol. The molecule has 2 amide bonds. The largest absolute Gasteiger partial charge is 0.491 e. The fourth-order valence-electron chi connectivity index (χ4n) is 2.15. The van der Waals surface area contributed by atoms with Crippen LogP contribution in [0, 0.1) is 12.3 Å². The summed E-state index contributed by atoms with van der Waals surface area (Å²) in [4.78, 5) is 38.8. The van der Waals surface area contributed by atoms with Gasteiger partial charge in [-0.2, -0.15) is 0 Å². The zero-order valence-electron chi connectivity index (χ0n) is 14.8. The summed E-state index contributed by atoms with van der Waals surface area (Å²) >= 11 is 0. The molecule has 1 aliphatic heterocycles. The Kier molecular flexibility index (Phi) is 8.29. The predicted octanol–water partition coefficient (Wildman–Crippen LogP) is 1.08. The van der Waals surface area contributed by atoms with Crippen molar-refractivity contribution in [2.24, 2.45) is 0 Å². The van der Waals surface area contributed by atoms with Crippen LogP contribution in [-0.2, 0) is 28.7 Å². The molecule has 0 atom stereocenters. The zero-order valence-corrected chi connectivity index (χ0v) is 14.8. The van der Waals surface area contributed by atoms with E-state index in [9.17, 15) is 14.4 Å². The monoisotopic (exact) mass is 375 g/mol. The minimum Gasteiger partial charge on any atom is -0.491 e. The van der Waals surface area contributed by atoms with Crippen molar-refractivity contribution in [3.8, 4) is 18.1 Å². The van der Waals surface area contributed by atoms with Gasteiger partial charge in [0.25, 0.3) is 11.8 Å². The number of carbonyl (C=O) groups is 3. The Bertz CT molecular complexity index is 677. The van der Waals surface area contributed by atoms with Gasteiger partial charge < -0.3 is 19.0 Å². The predicted molar refractivity (Wildman–Crippen MR) is 93.3 cm³/mol. The molecule has 0 aromatic heterocycles. The van der Waals surface area contributed by atoms with Crippen molar-refractivity contribution in [2.45, 2.75) is 19.3 Å². The number of benzene rings is 1. The summed E-state index contributed by atoms with van der Waals surface area (Å²) in [6.45, 7) is 1.53. The number of ether oxygens (including phenoxy) is 3. The van der Waals surface area contributed by atoms with Gasteiger partial charge in [-0.05, 0) is 24.3 Å². The van der Waals surface area contributed by atoms with Gasteiger partial charge in [0.1, 0.15) is 12.4 Å². The summed E-state index contributed by atoms with van der Waals surface area (Å²) < 4.78 is 16.1. The Morgan fingerprint density at radius 3 is 2.19 bits per heavy atom. The third kappa shape index (κ3) is 7.09. The van der Waals surface area contributed by atoms with E-state index >= 15 is 0 Å². The molecular weight excluding hydrogens is 354 g/mol. The number of carbonyl (C=O) groups excluding carboxylic acids is 3. The van der Waals surface area contributed by atoms with Crippen LogP contribution in [0.5, 0.6) is 5.75 Å².